The molecular weight excluding hydrogens is 328 g/mol. The highest BCUT2D eigenvalue weighted by Gasteiger charge is 2.24. The second-order valence-electron chi connectivity index (χ2n) is 5.70. The van der Waals surface area contributed by atoms with Crippen molar-refractivity contribution in [3.63, 3.8) is 0 Å². The van der Waals surface area contributed by atoms with Crippen LogP contribution in [-0.4, -0.2) is 13.3 Å². The summed E-state index contributed by atoms with van der Waals surface area (Å²) in [5.41, 5.74) is 2.16. The maximum absolute atomic E-state index is 12.7. The van der Waals surface area contributed by atoms with Crippen LogP contribution in [0.1, 0.15) is 36.1 Å². The molecule has 2 aromatic carbocycles. The third kappa shape index (κ3) is 3.98. The van der Waals surface area contributed by atoms with E-state index in [0.29, 0.717) is 12.0 Å². The molecule has 1 N–H and O–H groups in total. The fourth-order valence-corrected chi connectivity index (χ4v) is 4.00. The van der Waals surface area contributed by atoms with Gasteiger partial charge in [0, 0.05) is 18.2 Å². The average molecular weight is 348 g/mol. The normalized spacial score (nSPS) is 12.8. The Labute approximate surface area is 141 Å². The second kappa shape index (κ2) is 7.11. The molecule has 0 bridgehead atoms. The van der Waals surface area contributed by atoms with Gasteiger partial charge in [-0.2, -0.15) is 0 Å². The summed E-state index contributed by atoms with van der Waals surface area (Å²) in [6.07, 6.45) is 0.566. The predicted octanol–water partition coefficient (Wildman–Crippen LogP) is 3.64. The molecule has 0 unspecified atom stereocenters. The van der Waals surface area contributed by atoms with Gasteiger partial charge in [-0.3, -0.25) is 10.1 Å². The summed E-state index contributed by atoms with van der Waals surface area (Å²) >= 11 is 0. The highest BCUT2D eigenvalue weighted by Crippen LogP contribution is 2.25. The first-order valence-electron chi connectivity index (χ1n) is 7.58. The third-order valence-corrected chi connectivity index (χ3v) is 5.47. The minimum absolute atomic E-state index is 0.0674. The van der Waals surface area contributed by atoms with Gasteiger partial charge in [-0.1, -0.05) is 42.8 Å². The van der Waals surface area contributed by atoms with Crippen molar-refractivity contribution in [1.82, 2.24) is 4.72 Å². The number of sulfonamides is 1. The Morgan fingerprint density at radius 1 is 1.12 bits per heavy atom. The smallest absolute Gasteiger partial charge is 0.258 e. The lowest BCUT2D eigenvalue weighted by molar-refractivity contribution is -0.385. The number of hydrogen-bond acceptors (Lipinski definition) is 4. The van der Waals surface area contributed by atoms with Gasteiger partial charge >= 0.3 is 0 Å². The molecule has 7 heteroatoms. The lowest BCUT2D eigenvalue weighted by Gasteiger charge is -2.18. The summed E-state index contributed by atoms with van der Waals surface area (Å²) in [6, 6.07) is 11.0. The fourth-order valence-electron chi connectivity index (χ4n) is 2.43. The van der Waals surface area contributed by atoms with Crippen molar-refractivity contribution in [2.75, 3.05) is 0 Å². The zero-order valence-corrected chi connectivity index (χ0v) is 14.6. The van der Waals surface area contributed by atoms with Crippen LogP contribution < -0.4 is 4.72 Å². The van der Waals surface area contributed by atoms with Gasteiger partial charge in [-0.05, 0) is 31.4 Å². The number of nitro groups is 1. The van der Waals surface area contributed by atoms with Crippen LogP contribution in [0, 0.1) is 24.0 Å². The zero-order chi connectivity index (χ0) is 17.9. The van der Waals surface area contributed by atoms with E-state index in [1.807, 2.05) is 38.1 Å². The van der Waals surface area contributed by atoms with Gasteiger partial charge in [-0.15, -0.1) is 0 Å². The Morgan fingerprint density at radius 3 is 2.29 bits per heavy atom. The molecular formula is C17H20N2O4S. The van der Waals surface area contributed by atoms with Crippen LogP contribution in [0.4, 0.5) is 5.69 Å². The van der Waals surface area contributed by atoms with Crippen molar-refractivity contribution in [3.8, 4) is 0 Å². The van der Waals surface area contributed by atoms with Crippen molar-refractivity contribution in [3.05, 3.63) is 69.3 Å². The van der Waals surface area contributed by atoms with Crippen LogP contribution in [0.25, 0.3) is 0 Å². The molecule has 1 atom stereocenters. The molecule has 0 aliphatic heterocycles. The Kier molecular flexibility index (Phi) is 5.36. The Bertz CT molecular complexity index is 845. The van der Waals surface area contributed by atoms with E-state index in [1.54, 1.807) is 6.92 Å². The monoisotopic (exact) mass is 348 g/mol. The van der Waals surface area contributed by atoms with Gasteiger partial charge in [-0.25, -0.2) is 13.1 Å². The van der Waals surface area contributed by atoms with Crippen molar-refractivity contribution in [2.45, 2.75) is 38.1 Å². The number of nitro benzene ring substituents is 1. The summed E-state index contributed by atoms with van der Waals surface area (Å²) in [5.74, 6) is 0. The molecule has 0 aromatic heterocycles. The maximum atomic E-state index is 12.7. The first-order chi connectivity index (χ1) is 11.2. The van der Waals surface area contributed by atoms with Gasteiger partial charge < -0.3 is 0 Å². The minimum Gasteiger partial charge on any atom is -0.258 e. The number of nitrogens with zero attached hydrogens (tertiary/aromatic N) is 1. The van der Waals surface area contributed by atoms with E-state index < -0.39 is 21.0 Å². The van der Waals surface area contributed by atoms with Crippen molar-refractivity contribution < 1.29 is 13.3 Å². The quantitative estimate of drug-likeness (QED) is 0.637. The minimum atomic E-state index is -3.87. The summed E-state index contributed by atoms with van der Waals surface area (Å²) in [5, 5.41) is 10.9. The van der Waals surface area contributed by atoms with Crippen LogP contribution >= 0.6 is 0 Å². The maximum Gasteiger partial charge on any atom is 0.270 e. The first-order valence-corrected chi connectivity index (χ1v) is 9.07. The van der Waals surface area contributed by atoms with Crippen molar-refractivity contribution in [2.24, 2.45) is 0 Å². The molecule has 24 heavy (non-hydrogen) atoms. The molecule has 0 fully saturated rings. The summed E-state index contributed by atoms with van der Waals surface area (Å²) in [6.45, 7) is 5.46. The SMILES string of the molecule is CC[C@@H](NS(=O)(=O)c1cc([N+](=O)[O-])ccc1C)c1ccc(C)cc1. The summed E-state index contributed by atoms with van der Waals surface area (Å²) < 4.78 is 28.1. The van der Waals surface area contributed by atoms with Crippen LogP contribution in [-0.2, 0) is 10.0 Å². The second-order valence-corrected chi connectivity index (χ2v) is 7.38. The van der Waals surface area contributed by atoms with Crippen molar-refractivity contribution in [1.29, 1.82) is 0 Å². The van der Waals surface area contributed by atoms with Crippen LogP contribution in [0.15, 0.2) is 47.4 Å². The highest BCUT2D eigenvalue weighted by atomic mass is 32.2. The molecule has 2 aromatic rings. The van der Waals surface area contributed by atoms with E-state index in [2.05, 4.69) is 4.72 Å². The van der Waals surface area contributed by atoms with Crippen LogP contribution in [0.5, 0.6) is 0 Å². The molecule has 0 aliphatic rings. The third-order valence-electron chi connectivity index (χ3n) is 3.86. The lowest BCUT2D eigenvalue weighted by atomic mass is 10.0. The molecule has 2 rings (SSSR count). The largest absolute Gasteiger partial charge is 0.270 e. The van der Waals surface area contributed by atoms with E-state index in [9.17, 15) is 18.5 Å². The Hall–Kier alpha value is -2.25. The van der Waals surface area contributed by atoms with E-state index in [0.717, 1.165) is 17.2 Å². The molecule has 0 spiro atoms. The number of hydrogen-bond donors (Lipinski definition) is 1. The number of aryl methyl sites for hydroxylation is 2. The number of non-ortho nitro benzene ring substituents is 1. The van der Waals surface area contributed by atoms with Gasteiger partial charge in [0.05, 0.1) is 9.82 Å². The lowest BCUT2D eigenvalue weighted by Crippen LogP contribution is -2.29. The predicted molar refractivity (Wildman–Crippen MR) is 92.4 cm³/mol. The van der Waals surface area contributed by atoms with Crippen LogP contribution in [0.2, 0.25) is 0 Å². The highest BCUT2D eigenvalue weighted by molar-refractivity contribution is 7.89. The number of rotatable bonds is 6. The first kappa shape index (κ1) is 18.1. The summed E-state index contributed by atoms with van der Waals surface area (Å²) in [4.78, 5) is 10.2. The zero-order valence-electron chi connectivity index (χ0n) is 13.8. The molecule has 0 radical (unpaired) electrons. The average Bonchev–Trinajstić information content (AvgIpc) is 2.53. The van der Waals surface area contributed by atoms with Gasteiger partial charge in [0.25, 0.3) is 5.69 Å². The molecule has 0 saturated carbocycles. The molecule has 128 valence electrons. The van der Waals surface area contributed by atoms with E-state index >= 15 is 0 Å². The Balaban J connectivity index is 2.38. The van der Waals surface area contributed by atoms with E-state index in [-0.39, 0.29) is 10.6 Å². The summed E-state index contributed by atoms with van der Waals surface area (Å²) in [7, 11) is -3.87. The van der Waals surface area contributed by atoms with Crippen molar-refractivity contribution >= 4 is 15.7 Å². The van der Waals surface area contributed by atoms with Gasteiger partial charge in [0.15, 0.2) is 0 Å². The van der Waals surface area contributed by atoms with E-state index in [1.165, 1.54) is 12.1 Å². The molecule has 6 nitrogen and oxygen atoms in total. The number of benzene rings is 2. The number of nitrogens with one attached hydrogen (secondary N) is 1. The molecule has 0 aliphatic carbocycles. The van der Waals surface area contributed by atoms with Gasteiger partial charge in [0.1, 0.15) is 0 Å². The molecule has 0 heterocycles. The Morgan fingerprint density at radius 2 is 1.75 bits per heavy atom. The fraction of sp³-hybridized carbons (Fsp3) is 0.294. The molecule has 0 amide bonds. The van der Waals surface area contributed by atoms with Crippen LogP contribution in [0.3, 0.4) is 0 Å². The van der Waals surface area contributed by atoms with E-state index in [4.69, 9.17) is 0 Å². The van der Waals surface area contributed by atoms with Gasteiger partial charge in [0.2, 0.25) is 10.0 Å². The topological polar surface area (TPSA) is 89.3 Å². The standard InChI is InChI=1S/C17H20N2O4S/c1-4-16(14-8-5-12(2)6-9-14)18-24(22,23)17-11-15(19(20)21)10-7-13(17)3/h5-11,16,18H,4H2,1-3H3/t16-/m1/s1. The molecule has 0 saturated heterocycles.